The Kier molecular flexibility index (Phi) is 5.08. The summed E-state index contributed by atoms with van der Waals surface area (Å²) in [6, 6.07) is 30.1. The zero-order chi connectivity index (χ0) is 25.3. The summed E-state index contributed by atoms with van der Waals surface area (Å²) >= 11 is 0. The molecule has 36 heavy (non-hydrogen) atoms. The van der Waals surface area contributed by atoms with E-state index in [-0.39, 0.29) is 19.3 Å². The molecule has 0 N–H and O–H groups in total. The second-order valence-electron chi connectivity index (χ2n) is 12.2. The molecule has 0 heterocycles. The molecule has 0 aliphatic heterocycles. The van der Waals surface area contributed by atoms with E-state index in [0.717, 1.165) is 36.0 Å². The van der Waals surface area contributed by atoms with Crippen LogP contribution < -0.4 is 0 Å². The summed E-state index contributed by atoms with van der Waals surface area (Å²) in [6.07, 6.45) is 1.64. The first-order valence-electron chi connectivity index (χ1n) is 12.9. The summed E-state index contributed by atoms with van der Waals surface area (Å²) in [5.41, 5.74) is 0.161. The molecule has 4 fully saturated rings. The molecule has 0 atom stereocenters. The zero-order valence-corrected chi connectivity index (χ0v) is 20.6. The summed E-state index contributed by atoms with van der Waals surface area (Å²) in [5.74, 6) is -6.93. The molecule has 3 aromatic carbocycles. The minimum absolute atomic E-state index is 0.246. The highest BCUT2D eigenvalue weighted by atomic mass is 19.3. The molecule has 4 saturated carbocycles. The standard InChI is InChI=1S/C32H32F4/c1-27(33,34)17-32(35,36)31-21-28(24-11-5-2-6-12-24)18-29(22-31,25-13-7-3-8-14-25)20-30(19-28,23-31)26-15-9-4-10-16-26/h2-16H,17-23H2,1H3. The van der Waals surface area contributed by atoms with E-state index in [4.69, 9.17) is 0 Å². The lowest BCUT2D eigenvalue weighted by Gasteiger charge is -2.72. The van der Waals surface area contributed by atoms with Crippen LogP contribution >= 0.6 is 0 Å². The second-order valence-corrected chi connectivity index (χ2v) is 12.2. The minimum Gasteiger partial charge on any atom is -0.207 e. The highest BCUT2D eigenvalue weighted by Gasteiger charge is 2.75. The van der Waals surface area contributed by atoms with Gasteiger partial charge in [0.15, 0.2) is 0 Å². The van der Waals surface area contributed by atoms with Crippen LogP contribution in [-0.4, -0.2) is 11.8 Å². The van der Waals surface area contributed by atoms with Crippen molar-refractivity contribution in [2.45, 2.75) is 80.0 Å². The Balaban J connectivity index is 1.63. The minimum atomic E-state index is -3.49. The van der Waals surface area contributed by atoms with Gasteiger partial charge >= 0.3 is 0 Å². The van der Waals surface area contributed by atoms with Crippen molar-refractivity contribution < 1.29 is 17.6 Å². The van der Waals surface area contributed by atoms with Gasteiger partial charge in [0, 0.05) is 5.41 Å². The van der Waals surface area contributed by atoms with Crippen LogP contribution in [0.5, 0.6) is 0 Å². The number of hydrogen-bond acceptors (Lipinski definition) is 0. The lowest BCUT2D eigenvalue weighted by molar-refractivity contribution is -0.246. The molecule has 4 heteroatoms. The van der Waals surface area contributed by atoms with Gasteiger partial charge in [0.2, 0.25) is 0 Å². The van der Waals surface area contributed by atoms with Gasteiger partial charge in [-0.2, -0.15) is 0 Å². The fourth-order valence-corrected chi connectivity index (χ4v) is 8.90. The molecule has 0 radical (unpaired) electrons. The van der Waals surface area contributed by atoms with E-state index in [1.165, 1.54) is 0 Å². The van der Waals surface area contributed by atoms with E-state index in [0.29, 0.717) is 6.92 Å². The summed E-state index contributed by atoms with van der Waals surface area (Å²) in [6.45, 7) is 0.633. The predicted molar refractivity (Wildman–Crippen MR) is 135 cm³/mol. The van der Waals surface area contributed by atoms with E-state index in [2.05, 4.69) is 36.4 Å². The molecule has 3 aromatic rings. The molecule has 4 aliphatic rings. The van der Waals surface area contributed by atoms with Gasteiger partial charge in [-0.25, -0.2) is 17.6 Å². The maximum atomic E-state index is 16.4. The van der Waals surface area contributed by atoms with Crippen molar-refractivity contribution in [2.75, 3.05) is 0 Å². The molecule has 0 saturated heterocycles. The van der Waals surface area contributed by atoms with Gasteiger partial charge in [-0.15, -0.1) is 0 Å². The van der Waals surface area contributed by atoms with Crippen molar-refractivity contribution >= 4 is 0 Å². The summed E-state index contributed by atoms with van der Waals surface area (Å²) in [7, 11) is 0. The number of hydrogen-bond donors (Lipinski definition) is 0. The SMILES string of the molecule is CC(F)(F)CC(F)(F)C12CC3(c4ccccc4)CC(c4ccccc4)(CC(c4ccccc4)(C3)C1)C2. The molecule has 0 aromatic heterocycles. The zero-order valence-electron chi connectivity index (χ0n) is 20.6. The molecule has 4 bridgehead atoms. The Morgan fingerprint density at radius 3 is 1.11 bits per heavy atom. The quantitative estimate of drug-likeness (QED) is 0.302. The Morgan fingerprint density at radius 1 is 0.528 bits per heavy atom. The lowest BCUT2D eigenvalue weighted by atomic mass is 9.32. The molecule has 4 aliphatic carbocycles. The number of rotatable bonds is 6. The molecule has 0 nitrogen and oxygen atoms in total. The molecular formula is C32H32F4. The van der Waals surface area contributed by atoms with Crippen molar-refractivity contribution in [3.05, 3.63) is 108 Å². The molecule has 188 valence electrons. The topological polar surface area (TPSA) is 0 Å². The van der Waals surface area contributed by atoms with Crippen LogP contribution in [0.15, 0.2) is 91.0 Å². The second kappa shape index (κ2) is 7.69. The molecule has 0 spiro atoms. The van der Waals surface area contributed by atoms with Gasteiger partial charge < -0.3 is 0 Å². The van der Waals surface area contributed by atoms with Gasteiger partial charge in [0.05, 0.1) is 6.42 Å². The van der Waals surface area contributed by atoms with Crippen molar-refractivity contribution in [3.63, 3.8) is 0 Å². The Morgan fingerprint density at radius 2 is 0.833 bits per heavy atom. The first kappa shape index (κ1) is 23.8. The van der Waals surface area contributed by atoms with Crippen LogP contribution in [0.1, 0.15) is 68.6 Å². The van der Waals surface area contributed by atoms with Crippen LogP contribution in [0.4, 0.5) is 17.6 Å². The highest BCUT2D eigenvalue weighted by Crippen LogP contribution is 2.77. The van der Waals surface area contributed by atoms with Crippen molar-refractivity contribution in [3.8, 4) is 0 Å². The smallest absolute Gasteiger partial charge is 0.207 e. The van der Waals surface area contributed by atoms with Gasteiger partial charge in [0.25, 0.3) is 11.8 Å². The molecular weight excluding hydrogens is 460 g/mol. The average molecular weight is 493 g/mol. The van der Waals surface area contributed by atoms with Crippen molar-refractivity contribution in [1.82, 2.24) is 0 Å². The molecule has 7 rings (SSSR count). The van der Waals surface area contributed by atoms with Crippen molar-refractivity contribution in [1.29, 1.82) is 0 Å². The monoisotopic (exact) mass is 492 g/mol. The van der Waals surface area contributed by atoms with Crippen LogP contribution in [0.2, 0.25) is 0 Å². The Hall–Kier alpha value is -2.62. The summed E-state index contributed by atoms with van der Waals surface area (Å²) < 4.78 is 61.4. The maximum Gasteiger partial charge on any atom is 0.259 e. The highest BCUT2D eigenvalue weighted by molar-refractivity contribution is 5.45. The average Bonchev–Trinajstić information content (AvgIpc) is 2.84. The van der Waals surface area contributed by atoms with Crippen LogP contribution in [0.3, 0.4) is 0 Å². The van der Waals surface area contributed by atoms with Gasteiger partial charge in [-0.05, 0) is 78.4 Å². The fraction of sp³-hybridized carbons (Fsp3) is 0.438. The number of benzene rings is 3. The van der Waals surface area contributed by atoms with E-state index < -0.39 is 39.9 Å². The lowest BCUT2D eigenvalue weighted by Crippen LogP contribution is -2.69. The van der Waals surface area contributed by atoms with Crippen LogP contribution in [0.25, 0.3) is 0 Å². The number of alkyl halides is 4. The van der Waals surface area contributed by atoms with E-state index in [1.54, 1.807) is 0 Å². The summed E-state index contributed by atoms with van der Waals surface area (Å²) in [4.78, 5) is 0. The normalized spacial score (nSPS) is 33.6. The third-order valence-electron chi connectivity index (χ3n) is 9.53. The van der Waals surface area contributed by atoms with Gasteiger partial charge in [-0.1, -0.05) is 91.0 Å². The van der Waals surface area contributed by atoms with Gasteiger partial charge in [-0.3, -0.25) is 0 Å². The van der Waals surface area contributed by atoms with Crippen LogP contribution in [-0.2, 0) is 16.2 Å². The predicted octanol–water partition coefficient (Wildman–Crippen LogP) is 8.85. The van der Waals surface area contributed by atoms with E-state index in [1.807, 2.05) is 54.6 Å². The maximum absolute atomic E-state index is 16.4. The number of halogens is 4. The van der Waals surface area contributed by atoms with Crippen molar-refractivity contribution in [2.24, 2.45) is 5.41 Å². The van der Waals surface area contributed by atoms with E-state index in [9.17, 15) is 8.78 Å². The van der Waals surface area contributed by atoms with Gasteiger partial charge in [0.1, 0.15) is 0 Å². The molecule has 0 amide bonds. The third kappa shape index (κ3) is 3.55. The third-order valence-corrected chi connectivity index (χ3v) is 9.53. The summed E-state index contributed by atoms with van der Waals surface area (Å²) in [5, 5.41) is 0. The Labute approximate surface area is 210 Å². The first-order valence-corrected chi connectivity index (χ1v) is 12.9. The largest absolute Gasteiger partial charge is 0.259 e. The fourth-order valence-electron chi connectivity index (χ4n) is 8.90. The first-order chi connectivity index (χ1) is 17.0. The van der Waals surface area contributed by atoms with E-state index >= 15 is 8.78 Å². The molecule has 0 unspecified atom stereocenters. The Bertz CT molecular complexity index is 1090. The van der Waals surface area contributed by atoms with Crippen LogP contribution in [0, 0.1) is 5.41 Å².